The van der Waals surface area contributed by atoms with Gasteiger partial charge in [0, 0.05) is 30.4 Å². The van der Waals surface area contributed by atoms with Crippen molar-refractivity contribution < 1.29 is 9.53 Å². The first-order valence-corrected chi connectivity index (χ1v) is 9.40. The number of amides is 1. The number of benzene rings is 2. The summed E-state index contributed by atoms with van der Waals surface area (Å²) in [6.45, 7) is 1.21. The molecule has 0 atom stereocenters. The summed E-state index contributed by atoms with van der Waals surface area (Å²) in [4.78, 5) is 16.8. The molecule has 1 heterocycles. The van der Waals surface area contributed by atoms with E-state index in [2.05, 4.69) is 39.9 Å². The van der Waals surface area contributed by atoms with Gasteiger partial charge in [0.2, 0.25) is 0 Å². The van der Waals surface area contributed by atoms with Crippen molar-refractivity contribution in [2.24, 2.45) is 0 Å². The maximum absolute atomic E-state index is 12.5. The van der Waals surface area contributed by atoms with Crippen molar-refractivity contribution in [3.05, 3.63) is 89.6 Å². The Morgan fingerprint density at radius 3 is 2.64 bits per heavy atom. The van der Waals surface area contributed by atoms with Gasteiger partial charge in [-0.2, -0.15) is 0 Å². The van der Waals surface area contributed by atoms with Gasteiger partial charge in [-0.25, -0.2) is 4.98 Å². The highest BCUT2D eigenvalue weighted by Gasteiger charge is 2.08. The van der Waals surface area contributed by atoms with E-state index in [1.807, 2.05) is 30.3 Å². The number of methoxy groups -OCH3 is 1. The van der Waals surface area contributed by atoms with Crippen molar-refractivity contribution in [3.63, 3.8) is 0 Å². The van der Waals surface area contributed by atoms with Gasteiger partial charge in [-0.1, -0.05) is 48.5 Å². The summed E-state index contributed by atoms with van der Waals surface area (Å²) in [6.07, 6.45) is 3.65. The summed E-state index contributed by atoms with van der Waals surface area (Å²) >= 11 is 0. The average molecular weight is 375 g/mol. The van der Waals surface area contributed by atoms with E-state index in [0.717, 1.165) is 30.7 Å². The van der Waals surface area contributed by atoms with Crippen LogP contribution in [0.4, 0.5) is 5.82 Å². The first-order chi connectivity index (χ1) is 13.8. The number of rotatable bonds is 9. The zero-order valence-electron chi connectivity index (χ0n) is 16.0. The number of carbonyl (C=O) groups is 1. The van der Waals surface area contributed by atoms with Crippen LogP contribution in [0.5, 0.6) is 5.75 Å². The number of ether oxygens (including phenoxy) is 1. The SMILES string of the molecule is COc1ccccc1CNC(=O)c1ccnc(NCCCc2ccccc2)c1. The molecule has 2 aromatic carbocycles. The Labute approximate surface area is 165 Å². The summed E-state index contributed by atoms with van der Waals surface area (Å²) < 4.78 is 5.32. The molecule has 1 aromatic heterocycles. The second kappa shape index (κ2) is 10.1. The van der Waals surface area contributed by atoms with Crippen molar-refractivity contribution in [2.45, 2.75) is 19.4 Å². The Bertz CT molecular complexity index is 897. The molecule has 0 unspecified atom stereocenters. The van der Waals surface area contributed by atoms with Crippen LogP contribution in [0.25, 0.3) is 0 Å². The van der Waals surface area contributed by atoms with Crippen molar-refractivity contribution >= 4 is 11.7 Å². The fourth-order valence-electron chi connectivity index (χ4n) is 2.95. The lowest BCUT2D eigenvalue weighted by molar-refractivity contribution is 0.0950. The van der Waals surface area contributed by atoms with Crippen LogP contribution in [-0.2, 0) is 13.0 Å². The fourth-order valence-corrected chi connectivity index (χ4v) is 2.95. The summed E-state index contributed by atoms with van der Waals surface area (Å²) in [6, 6.07) is 21.5. The van der Waals surface area contributed by atoms with E-state index < -0.39 is 0 Å². The van der Waals surface area contributed by atoms with Gasteiger partial charge in [-0.05, 0) is 36.6 Å². The molecule has 3 rings (SSSR count). The lowest BCUT2D eigenvalue weighted by atomic mass is 10.1. The molecule has 0 spiro atoms. The van der Waals surface area contributed by atoms with Crippen LogP contribution >= 0.6 is 0 Å². The number of pyridine rings is 1. The number of nitrogens with one attached hydrogen (secondary N) is 2. The van der Waals surface area contributed by atoms with Crippen molar-refractivity contribution in [2.75, 3.05) is 19.0 Å². The molecule has 1 amide bonds. The Morgan fingerprint density at radius 2 is 1.82 bits per heavy atom. The smallest absolute Gasteiger partial charge is 0.251 e. The predicted octanol–water partition coefficient (Wildman–Crippen LogP) is 4.06. The van der Waals surface area contributed by atoms with Gasteiger partial charge in [0.05, 0.1) is 7.11 Å². The number of aryl methyl sites for hydroxylation is 1. The van der Waals surface area contributed by atoms with Crippen molar-refractivity contribution in [1.82, 2.24) is 10.3 Å². The van der Waals surface area contributed by atoms with E-state index in [4.69, 9.17) is 4.74 Å². The zero-order valence-corrected chi connectivity index (χ0v) is 16.0. The van der Waals surface area contributed by atoms with Crippen LogP contribution in [0, 0.1) is 0 Å². The van der Waals surface area contributed by atoms with E-state index in [-0.39, 0.29) is 5.91 Å². The number of para-hydroxylation sites is 1. The summed E-state index contributed by atoms with van der Waals surface area (Å²) in [5.74, 6) is 1.33. The van der Waals surface area contributed by atoms with E-state index in [1.165, 1.54) is 5.56 Å². The quantitative estimate of drug-likeness (QED) is 0.554. The maximum atomic E-state index is 12.5. The van der Waals surface area contributed by atoms with E-state index in [9.17, 15) is 4.79 Å². The third kappa shape index (κ3) is 5.58. The lowest BCUT2D eigenvalue weighted by Gasteiger charge is -2.10. The van der Waals surface area contributed by atoms with Crippen molar-refractivity contribution in [1.29, 1.82) is 0 Å². The number of hydrogen-bond acceptors (Lipinski definition) is 4. The minimum absolute atomic E-state index is 0.138. The van der Waals surface area contributed by atoms with Crippen LogP contribution in [0.1, 0.15) is 27.9 Å². The maximum Gasteiger partial charge on any atom is 0.251 e. The minimum atomic E-state index is -0.138. The largest absolute Gasteiger partial charge is 0.496 e. The Balaban J connectivity index is 1.50. The van der Waals surface area contributed by atoms with Gasteiger partial charge in [0.15, 0.2) is 0 Å². The molecule has 0 fully saturated rings. The van der Waals surface area contributed by atoms with Crippen LogP contribution in [0.2, 0.25) is 0 Å². The second-order valence-electron chi connectivity index (χ2n) is 6.44. The van der Waals surface area contributed by atoms with Gasteiger partial charge in [-0.3, -0.25) is 4.79 Å². The lowest BCUT2D eigenvalue weighted by Crippen LogP contribution is -2.23. The number of hydrogen-bond donors (Lipinski definition) is 2. The summed E-state index contributed by atoms with van der Waals surface area (Å²) in [7, 11) is 1.62. The first-order valence-electron chi connectivity index (χ1n) is 9.40. The standard InChI is InChI=1S/C23H25N3O2/c1-28-21-12-6-5-11-20(21)17-26-23(27)19-13-15-25-22(16-19)24-14-7-10-18-8-3-2-4-9-18/h2-6,8-9,11-13,15-16H,7,10,14,17H2,1H3,(H,24,25)(H,26,27). The van der Waals surface area contributed by atoms with Crippen LogP contribution < -0.4 is 15.4 Å². The molecule has 0 saturated carbocycles. The molecule has 2 N–H and O–H groups in total. The Morgan fingerprint density at radius 1 is 1.04 bits per heavy atom. The Hall–Kier alpha value is -3.34. The Kier molecular flexibility index (Phi) is 7.01. The molecule has 5 nitrogen and oxygen atoms in total. The molecule has 28 heavy (non-hydrogen) atoms. The molecular weight excluding hydrogens is 350 g/mol. The first kappa shape index (κ1) is 19.4. The molecule has 0 aliphatic rings. The van der Waals surface area contributed by atoms with Gasteiger partial charge in [0.1, 0.15) is 11.6 Å². The third-order valence-corrected chi connectivity index (χ3v) is 4.45. The molecule has 0 radical (unpaired) electrons. The number of aromatic nitrogens is 1. The average Bonchev–Trinajstić information content (AvgIpc) is 2.76. The summed E-state index contributed by atoms with van der Waals surface area (Å²) in [5, 5.41) is 6.22. The molecule has 0 bridgehead atoms. The van der Waals surface area contributed by atoms with Crippen LogP contribution in [0.15, 0.2) is 72.9 Å². The van der Waals surface area contributed by atoms with E-state index in [1.54, 1.807) is 25.4 Å². The molecule has 5 heteroatoms. The number of anilines is 1. The third-order valence-electron chi connectivity index (χ3n) is 4.45. The van der Waals surface area contributed by atoms with Crippen molar-refractivity contribution in [3.8, 4) is 5.75 Å². The predicted molar refractivity (Wildman–Crippen MR) is 112 cm³/mol. The molecular formula is C23H25N3O2. The molecule has 0 saturated heterocycles. The monoisotopic (exact) mass is 375 g/mol. The molecule has 3 aromatic rings. The normalized spacial score (nSPS) is 10.3. The number of carbonyl (C=O) groups excluding carboxylic acids is 1. The second-order valence-corrected chi connectivity index (χ2v) is 6.44. The van der Waals surface area contributed by atoms with Gasteiger partial charge < -0.3 is 15.4 Å². The summed E-state index contributed by atoms with van der Waals surface area (Å²) in [5.41, 5.74) is 2.84. The van der Waals surface area contributed by atoms with Gasteiger partial charge in [-0.15, -0.1) is 0 Å². The molecule has 0 aliphatic heterocycles. The highest BCUT2D eigenvalue weighted by Crippen LogP contribution is 2.17. The topological polar surface area (TPSA) is 63.2 Å². The fraction of sp³-hybridized carbons (Fsp3) is 0.217. The van der Waals surface area contributed by atoms with Gasteiger partial charge in [0.25, 0.3) is 5.91 Å². The van der Waals surface area contributed by atoms with Crippen LogP contribution in [-0.4, -0.2) is 24.5 Å². The number of nitrogens with zero attached hydrogens (tertiary/aromatic N) is 1. The molecule has 144 valence electrons. The molecule has 0 aliphatic carbocycles. The zero-order chi connectivity index (χ0) is 19.6. The highest BCUT2D eigenvalue weighted by molar-refractivity contribution is 5.94. The minimum Gasteiger partial charge on any atom is -0.496 e. The van der Waals surface area contributed by atoms with Crippen LogP contribution in [0.3, 0.4) is 0 Å². The highest BCUT2D eigenvalue weighted by atomic mass is 16.5. The van der Waals surface area contributed by atoms with Gasteiger partial charge >= 0.3 is 0 Å². The van der Waals surface area contributed by atoms with E-state index in [0.29, 0.717) is 17.9 Å². The van der Waals surface area contributed by atoms with E-state index >= 15 is 0 Å².